The third-order valence-corrected chi connectivity index (χ3v) is 3.13. The zero-order valence-electron chi connectivity index (χ0n) is 10.4. The molecule has 0 radical (unpaired) electrons. The molecular formula is C11H19ClN4O. The van der Waals surface area contributed by atoms with Gasteiger partial charge in [0, 0.05) is 19.6 Å². The first-order chi connectivity index (χ1) is 7.93. The van der Waals surface area contributed by atoms with E-state index in [4.69, 9.17) is 17.3 Å². The van der Waals surface area contributed by atoms with Crippen molar-refractivity contribution in [1.29, 1.82) is 0 Å². The number of nitrogens with two attached hydrogens (primary N) is 1. The average molecular weight is 259 g/mol. The number of aromatic nitrogens is 2. The summed E-state index contributed by atoms with van der Waals surface area (Å²) >= 11 is 5.89. The van der Waals surface area contributed by atoms with Crippen molar-refractivity contribution in [3.63, 3.8) is 0 Å². The standard InChI is InChI=1S/C11H19ClN4O/c1-7(2)8(13)4-5-16(3)10-9(12)11(17)15-6-14-10/h6-8H,4-5,13H2,1-3H3,(H,14,15,17). The Bertz CT molecular complexity index is 418. The van der Waals surface area contributed by atoms with E-state index in [9.17, 15) is 4.79 Å². The minimum Gasteiger partial charge on any atom is -0.358 e. The lowest BCUT2D eigenvalue weighted by Gasteiger charge is -2.22. The van der Waals surface area contributed by atoms with Gasteiger partial charge in [-0.2, -0.15) is 0 Å². The summed E-state index contributed by atoms with van der Waals surface area (Å²) in [6.45, 7) is 4.89. The van der Waals surface area contributed by atoms with Crippen molar-refractivity contribution in [2.24, 2.45) is 11.7 Å². The van der Waals surface area contributed by atoms with Gasteiger partial charge in [0.05, 0.1) is 6.33 Å². The minimum atomic E-state index is -0.323. The summed E-state index contributed by atoms with van der Waals surface area (Å²) in [7, 11) is 1.85. The lowest BCUT2D eigenvalue weighted by Crippen LogP contribution is -2.32. The smallest absolute Gasteiger partial charge is 0.271 e. The van der Waals surface area contributed by atoms with E-state index < -0.39 is 0 Å². The maximum atomic E-state index is 11.3. The summed E-state index contributed by atoms with van der Waals surface area (Å²) in [6, 6.07) is 0.137. The Morgan fingerprint density at radius 3 is 2.82 bits per heavy atom. The van der Waals surface area contributed by atoms with E-state index in [1.807, 2.05) is 11.9 Å². The van der Waals surface area contributed by atoms with E-state index in [0.717, 1.165) is 13.0 Å². The molecule has 17 heavy (non-hydrogen) atoms. The predicted octanol–water partition coefficient (Wildman–Crippen LogP) is 1.23. The molecule has 0 fully saturated rings. The number of H-pyrrole nitrogens is 1. The highest BCUT2D eigenvalue weighted by molar-refractivity contribution is 6.32. The van der Waals surface area contributed by atoms with Crippen LogP contribution < -0.4 is 16.2 Å². The van der Waals surface area contributed by atoms with Crippen molar-refractivity contribution in [1.82, 2.24) is 9.97 Å². The van der Waals surface area contributed by atoms with Crippen LogP contribution in [0, 0.1) is 5.92 Å². The lowest BCUT2D eigenvalue weighted by atomic mass is 10.0. The van der Waals surface area contributed by atoms with Crippen LogP contribution in [-0.2, 0) is 0 Å². The maximum Gasteiger partial charge on any atom is 0.271 e. The Hall–Kier alpha value is -1.07. The quantitative estimate of drug-likeness (QED) is 0.833. The number of nitrogens with one attached hydrogen (secondary N) is 1. The van der Waals surface area contributed by atoms with Crippen LogP contribution in [0.3, 0.4) is 0 Å². The highest BCUT2D eigenvalue weighted by Gasteiger charge is 2.13. The Labute approximate surface area is 106 Å². The molecule has 0 aliphatic rings. The third kappa shape index (κ3) is 3.71. The van der Waals surface area contributed by atoms with Gasteiger partial charge in [0.25, 0.3) is 5.56 Å². The molecule has 1 rings (SSSR count). The van der Waals surface area contributed by atoms with E-state index in [1.54, 1.807) is 0 Å². The van der Waals surface area contributed by atoms with Crippen LogP contribution in [0.25, 0.3) is 0 Å². The molecule has 0 aliphatic heterocycles. The van der Waals surface area contributed by atoms with Crippen LogP contribution in [0.2, 0.25) is 5.02 Å². The van der Waals surface area contributed by atoms with E-state index in [2.05, 4.69) is 23.8 Å². The van der Waals surface area contributed by atoms with Gasteiger partial charge >= 0.3 is 0 Å². The second-order valence-electron chi connectivity index (χ2n) is 4.49. The number of aromatic amines is 1. The van der Waals surface area contributed by atoms with Gasteiger partial charge in [0.1, 0.15) is 5.02 Å². The molecule has 0 spiro atoms. The zero-order chi connectivity index (χ0) is 13.0. The Balaban J connectivity index is 2.67. The lowest BCUT2D eigenvalue weighted by molar-refractivity contribution is 0.465. The van der Waals surface area contributed by atoms with Gasteiger partial charge in [-0.1, -0.05) is 25.4 Å². The van der Waals surface area contributed by atoms with Crippen molar-refractivity contribution in [3.8, 4) is 0 Å². The first-order valence-corrected chi connectivity index (χ1v) is 6.01. The monoisotopic (exact) mass is 258 g/mol. The fraction of sp³-hybridized carbons (Fsp3) is 0.636. The molecule has 0 aromatic carbocycles. The van der Waals surface area contributed by atoms with Crippen molar-refractivity contribution in [3.05, 3.63) is 21.7 Å². The normalized spacial score (nSPS) is 12.8. The van der Waals surface area contributed by atoms with E-state index in [1.165, 1.54) is 6.33 Å². The van der Waals surface area contributed by atoms with Crippen molar-refractivity contribution in [2.75, 3.05) is 18.5 Å². The molecule has 0 bridgehead atoms. The van der Waals surface area contributed by atoms with Crippen LogP contribution in [0.5, 0.6) is 0 Å². The number of hydrogen-bond donors (Lipinski definition) is 2. The molecule has 6 heteroatoms. The van der Waals surface area contributed by atoms with Gasteiger partial charge in [-0.25, -0.2) is 4.98 Å². The second-order valence-corrected chi connectivity index (χ2v) is 4.87. The highest BCUT2D eigenvalue weighted by atomic mass is 35.5. The van der Waals surface area contributed by atoms with Gasteiger partial charge in [0.15, 0.2) is 5.82 Å². The van der Waals surface area contributed by atoms with E-state index in [-0.39, 0.29) is 16.6 Å². The largest absolute Gasteiger partial charge is 0.358 e. The summed E-state index contributed by atoms with van der Waals surface area (Å²) in [5.74, 6) is 0.928. The topological polar surface area (TPSA) is 75.0 Å². The fourth-order valence-corrected chi connectivity index (χ4v) is 1.67. The molecule has 5 nitrogen and oxygen atoms in total. The first kappa shape index (κ1) is 14.0. The number of nitrogens with zero attached hydrogens (tertiary/aromatic N) is 2. The number of hydrogen-bond acceptors (Lipinski definition) is 4. The second kappa shape index (κ2) is 6.02. The van der Waals surface area contributed by atoms with E-state index >= 15 is 0 Å². The summed E-state index contributed by atoms with van der Waals surface area (Å²) in [6.07, 6.45) is 2.18. The Morgan fingerprint density at radius 2 is 2.24 bits per heavy atom. The molecule has 96 valence electrons. The molecule has 1 heterocycles. The van der Waals surface area contributed by atoms with Gasteiger partial charge in [-0.05, 0) is 12.3 Å². The molecule has 1 unspecified atom stereocenters. The Morgan fingerprint density at radius 1 is 1.59 bits per heavy atom. The van der Waals surface area contributed by atoms with Crippen LogP contribution in [0.1, 0.15) is 20.3 Å². The summed E-state index contributed by atoms with van der Waals surface area (Å²) in [4.78, 5) is 19.6. The minimum absolute atomic E-state index is 0.119. The molecule has 1 aromatic heterocycles. The maximum absolute atomic E-state index is 11.3. The molecule has 0 amide bonds. The highest BCUT2D eigenvalue weighted by Crippen LogP contribution is 2.17. The number of rotatable bonds is 5. The van der Waals surface area contributed by atoms with Crippen molar-refractivity contribution in [2.45, 2.75) is 26.3 Å². The Kier molecular flexibility index (Phi) is 4.96. The summed E-state index contributed by atoms with van der Waals surface area (Å²) in [5.41, 5.74) is 5.64. The van der Waals surface area contributed by atoms with Crippen molar-refractivity contribution >= 4 is 17.4 Å². The molecule has 1 atom stereocenters. The van der Waals surface area contributed by atoms with Crippen LogP contribution in [0.15, 0.2) is 11.1 Å². The summed E-state index contributed by atoms with van der Waals surface area (Å²) < 4.78 is 0. The zero-order valence-corrected chi connectivity index (χ0v) is 11.2. The molecule has 0 saturated heterocycles. The number of anilines is 1. The van der Waals surface area contributed by atoms with Gasteiger partial charge in [0.2, 0.25) is 0 Å². The number of halogens is 1. The van der Waals surface area contributed by atoms with Gasteiger partial charge < -0.3 is 15.6 Å². The summed E-state index contributed by atoms with van der Waals surface area (Å²) in [5, 5.41) is 0.119. The third-order valence-electron chi connectivity index (χ3n) is 2.79. The molecule has 1 aromatic rings. The van der Waals surface area contributed by atoms with Gasteiger partial charge in [-0.15, -0.1) is 0 Å². The molecular weight excluding hydrogens is 240 g/mol. The van der Waals surface area contributed by atoms with Crippen LogP contribution >= 0.6 is 11.6 Å². The SMILES string of the molecule is CC(C)C(N)CCN(C)c1nc[nH]c(=O)c1Cl. The average Bonchev–Trinajstić information content (AvgIpc) is 2.29. The fourth-order valence-electron chi connectivity index (χ4n) is 1.42. The van der Waals surface area contributed by atoms with Gasteiger partial charge in [-0.3, -0.25) is 4.79 Å². The van der Waals surface area contributed by atoms with Crippen molar-refractivity contribution < 1.29 is 0 Å². The van der Waals surface area contributed by atoms with Crippen LogP contribution in [0.4, 0.5) is 5.82 Å². The van der Waals surface area contributed by atoms with Crippen LogP contribution in [-0.4, -0.2) is 29.6 Å². The molecule has 3 N–H and O–H groups in total. The molecule has 0 saturated carbocycles. The first-order valence-electron chi connectivity index (χ1n) is 5.63. The predicted molar refractivity (Wildman–Crippen MR) is 70.6 cm³/mol. The molecule has 0 aliphatic carbocycles. The van der Waals surface area contributed by atoms with E-state index in [0.29, 0.717) is 11.7 Å².